The Morgan fingerprint density at radius 2 is 1.81 bits per heavy atom. The van der Waals surface area contributed by atoms with Crippen molar-refractivity contribution in [3.05, 3.63) is 87.6 Å². The van der Waals surface area contributed by atoms with Gasteiger partial charge < -0.3 is 5.73 Å². The first-order valence-electron chi connectivity index (χ1n) is 9.22. The molecule has 3 aromatic rings. The number of carbonyl (C=O) groups is 1. The molecule has 0 saturated carbocycles. The third-order valence-electron chi connectivity index (χ3n) is 5.06. The number of nitrogens with zero attached hydrogens (tertiary/aromatic N) is 1. The summed E-state index contributed by atoms with van der Waals surface area (Å²) in [5.41, 5.74) is 13.4. The fourth-order valence-electron chi connectivity index (χ4n) is 3.78. The van der Waals surface area contributed by atoms with E-state index in [2.05, 4.69) is 24.3 Å². The Morgan fingerprint density at radius 1 is 1.04 bits per heavy atom. The molecular formula is C23H21ClN2O. The van der Waals surface area contributed by atoms with Crippen LogP contribution < -0.4 is 5.73 Å². The van der Waals surface area contributed by atoms with Gasteiger partial charge in [0.2, 0.25) is 5.91 Å². The summed E-state index contributed by atoms with van der Waals surface area (Å²) in [7, 11) is 0. The minimum Gasteiger partial charge on any atom is -0.369 e. The van der Waals surface area contributed by atoms with E-state index in [1.165, 1.54) is 22.4 Å². The van der Waals surface area contributed by atoms with Crippen molar-refractivity contribution in [2.75, 3.05) is 0 Å². The molecule has 0 aliphatic heterocycles. The van der Waals surface area contributed by atoms with Crippen molar-refractivity contribution >= 4 is 17.5 Å². The van der Waals surface area contributed by atoms with E-state index < -0.39 is 0 Å². The molecule has 0 bridgehead atoms. The maximum atomic E-state index is 11.1. The highest BCUT2D eigenvalue weighted by molar-refractivity contribution is 6.30. The molecule has 0 saturated heterocycles. The highest BCUT2D eigenvalue weighted by atomic mass is 35.5. The highest BCUT2D eigenvalue weighted by Gasteiger charge is 2.18. The zero-order valence-electron chi connectivity index (χ0n) is 15.0. The summed E-state index contributed by atoms with van der Waals surface area (Å²) in [6, 6.07) is 18.2. The van der Waals surface area contributed by atoms with E-state index in [0.29, 0.717) is 0 Å². The number of aromatic nitrogens is 1. The lowest BCUT2D eigenvalue weighted by Crippen LogP contribution is -2.13. The number of carbonyl (C=O) groups excluding carboxylic acids is 1. The van der Waals surface area contributed by atoms with Gasteiger partial charge in [0.05, 0.1) is 12.1 Å². The molecule has 1 aliphatic carbocycles. The lowest BCUT2D eigenvalue weighted by Gasteiger charge is -2.12. The van der Waals surface area contributed by atoms with Gasteiger partial charge in [0.25, 0.3) is 0 Å². The van der Waals surface area contributed by atoms with Crippen LogP contribution in [0.1, 0.15) is 34.4 Å². The Morgan fingerprint density at radius 3 is 2.56 bits per heavy atom. The van der Waals surface area contributed by atoms with Crippen LogP contribution >= 0.6 is 11.6 Å². The molecule has 0 atom stereocenters. The summed E-state index contributed by atoms with van der Waals surface area (Å²) < 4.78 is 0. The van der Waals surface area contributed by atoms with Gasteiger partial charge in [-0.05, 0) is 66.1 Å². The van der Waals surface area contributed by atoms with Gasteiger partial charge in [-0.25, -0.2) is 0 Å². The van der Waals surface area contributed by atoms with Gasteiger partial charge >= 0.3 is 0 Å². The Bertz CT molecular complexity index is 996. The molecule has 2 aromatic carbocycles. The van der Waals surface area contributed by atoms with Gasteiger partial charge in [-0.1, -0.05) is 48.0 Å². The average Bonchev–Trinajstić information content (AvgIpc) is 3.12. The first-order valence-corrected chi connectivity index (χ1v) is 9.60. The SMILES string of the molecule is NC(=O)Cc1ccc(Cc2cc(-c3cccc(Cl)c3)nc3c2CCC3)cc1. The van der Waals surface area contributed by atoms with Crippen LogP contribution in [0.3, 0.4) is 0 Å². The smallest absolute Gasteiger partial charge is 0.221 e. The van der Waals surface area contributed by atoms with Crippen LogP contribution in [0.2, 0.25) is 5.02 Å². The van der Waals surface area contributed by atoms with Gasteiger partial charge in [-0.3, -0.25) is 9.78 Å². The summed E-state index contributed by atoms with van der Waals surface area (Å²) in [6.07, 6.45) is 4.42. The topological polar surface area (TPSA) is 56.0 Å². The Kier molecular flexibility index (Phi) is 4.95. The lowest BCUT2D eigenvalue weighted by atomic mass is 9.96. The Hall–Kier alpha value is -2.65. The summed E-state index contributed by atoms with van der Waals surface area (Å²) in [5, 5.41) is 0.724. The molecule has 0 fully saturated rings. The lowest BCUT2D eigenvalue weighted by molar-refractivity contribution is -0.117. The number of aryl methyl sites for hydroxylation is 1. The molecule has 0 spiro atoms. The number of halogens is 1. The third kappa shape index (κ3) is 4.04. The average molecular weight is 377 g/mol. The molecule has 0 unspecified atom stereocenters. The molecule has 4 rings (SSSR count). The second kappa shape index (κ2) is 7.53. The molecule has 2 N–H and O–H groups in total. The number of primary amides is 1. The Balaban J connectivity index is 1.67. The number of hydrogen-bond donors (Lipinski definition) is 1. The number of rotatable bonds is 5. The number of fused-ring (bicyclic) bond motifs is 1. The van der Waals surface area contributed by atoms with Gasteiger partial charge in [-0.2, -0.15) is 0 Å². The van der Waals surface area contributed by atoms with Crippen LogP contribution in [0.5, 0.6) is 0 Å². The fraction of sp³-hybridized carbons (Fsp3) is 0.217. The molecule has 3 nitrogen and oxygen atoms in total. The Labute approximate surface area is 164 Å². The van der Waals surface area contributed by atoms with Crippen LogP contribution in [-0.2, 0) is 30.5 Å². The molecule has 1 aromatic heterocycles. The predicted octanol–water partition coefficient (Wildman–Crippen LogP) is 4.51. The van der Waals surface area contributed by atoms with E-state index in [1.54, 1.807) is 0 Å². The van der Waals surface area contributed by atoms with Crippen LogP contribution in [-0.4, -0.2) is 10.9 Å². The van der Waals surface area contributed by atoms with E-state index in [9.17, 15) is 4.79 Å². The van der Waals surface area contributed by atoms with Crippen LogP contribution in [0, 0.1) is 0 Å². The summed E-state index contributed by atoms with van der Waals surface area (Å²) >= 11 is 6.17. The predicted molar refractivity (Wildman–Crippen MR) is 109 cm³/mol. The molecule has 0 radical (unpaired) electrons. The number of hydrogen-bond acceptors (Lipinski definition) is 2. The number of pyridine rings is 1. The summed E-state index contributed by atoms with van der Waals surface area (Å²) in [5.74, 6) is -0.305. The fourth-order valence-corrected chi connectivity index (χ4v) is 3.97. The molecule has 136 valence electrons. The molecule has 1 heterocycles. The van der Waals surface area contributed by atoms with Crippen LogP contribution in [0.25, 0.3) is 11.3 Å². The van der Waals surface area contributed by atoms with Crippen LogP contribution in [0.4, 0.5) is 0 Å². The van der Waals surface area contributed by atoms with Gasteiger partial charge in [-0.15, -0.1) is 0 Å². The van der Waals surface area contributed by atoms with Gasteiger partial charge in [0.15, 0.2) is 0 Å². The molecule has 1 aliphatic rings. The highest BCUT2D eigenvalue weighted by Crippen LogP contribution is 2.31. The van der Waals surface area contributed by atoms with Crippen molar-refractivity contribution in [3.8, 4) is 11.3 Å². The number of nitrogens with two attached hydrogens (primary N) is 1. The maximum absolute atomic E-state index is 11.1. The minimum absolute atomic E-state index is 0.282. The zero-order chi connectivity index (χ0) is 18.8. The van der Waals surface area contributed by atoms with Crippen molar-refractivity contribution in [1.82, 2.24) is 4.98 Å². The van der Waals surface area contributed by atoms with Gasteiger partial charge in [0.1, 0.15) is 0 Å². The first kappa shape index (κ1) is 17.7. The van der Waals surface area contributed by atoms with Gasteiger partial charge in [0, 0.05) is 16.3 Å². The monoisotopic (exact) mass is 376 g/mol. The minimum atomic E-state index is -0.305. The van der Waals surface area contributed by atoms with Crippen LogP contribution in [0.15, 0.2) is 54.6 Å². The summed E-state index contributed by atoms with van der Waals surface area (Å²) in [4.78, 5) is 16.0. The molecular weight excluding hydrogens is 356 g/mol. The second-order valence-electron chi connectivity index (χ2n) is 7.09. The van der Waals surface area contributed by atoms with E-state index >= 15 is 0 Å². The number of benzene rings is 2. The largest absolute Gasteiger partial charge is 0.369 e. The van der Waals surface area contributed by atoms with E-state index in [1.807, 2.05) is 30.3 Å². The molecule has 1 amide bonds. The molecule has 27 heavy (non-hydrogen) atoms. The number of amides is 1. The zero-order valence-corrected chi connectivity index (χ0v) is 15.8. The van der Waals surface area contributed by atoms with E-state index in [4.69, 9.17) is 22.3 Å². The first-order chi connectivity index (χ1) is 13.1. The van der Waals surface area contributed by atoms with Crippen molar-refractivity contribution < 1.29 is 4.79 Å². The normalized spacial score (nSPS) is 12.8. The van der Waals surface area contributed by atoms with Crippen molar-refractivity contribution in [2.24, 2.45) is 5.73 Å². The standard InChI is InChI=1S/C23H21ClN2O/c24-19-4-1-3-17(13-19)22-14-18(20-5-2-6-21(20)26-22)11-15-7-9-16(10-8-15)12-23(25)27/h1,3-4,7-10,13-14H,2,5-6,11-12H2,(H2,25,27). The maximum Gasteiger partial charge on any atom is 0.221 e. The van der Waals surface area contributed by atoms with E-state index in [0.717, 1.165) is 47.5 Å². The summed E-state index contributed by atoms with van der Waals surface area (Å²) in [6.45, 7) is 0. The van der Waals surface area contributed by atoms with Crippen molar-refractivity contribution in [2.45, 2.75) is 32.1 Å². The second-order valence-corrected chi connectivity index (χ2v) is 7.53. The van der Waals surface area contributed by atoms with E-state index in [-0.39, 0.29) is 12.3 Å². The van der Waals surface area contributed by atoms with Crippen molar-refractivity contribution in [3.63, 3.8) is 0 Å². The van der Waals surface area contributed by atoms with Crippen molar-refractivity contribution in [1.29, 1.82) is 0 Å². The third-order valence-corrected chi connectivity index (χ3v) is 5.29. The quantitative estimate of drug-likeness (QED) is 0.712. The molecule has 4 heteroatoms.